The summed E-state index contributed by atoms with van der Waals surface area (Å²) in [6, 6.07) is 13.8. The van der Waals surface area contributed by atoms with Crippen LogP contribution in [-0.4, -0.2) is 23.1 Å². The normalized spacial score (nSPS) is 21.1. The Hall–Kier alpha value is -2.69. The minimum Gasteiger partial charge on any atom is -0.445 e. The van der Waals surface area contributed by atoms with Crippen molar-refractivity contribution in [1.82, 2.24) is 4.90 Å². The van der Waals surface area contributed by atoms with Crippen molar-refractivity contribution in [2.75, 3.05) is 0 Å². The molecule has 0 radical (unpaired) electrons. The van der Waals surface area contributed by atoms with E-state index in [2.05, 4.69) is 6.08 Å². The molecule has 0 saturated carbocycles. The van der Waals surface area contributed by atoms with Gasteiger partial charge >= 0.3 is 6.09 Å². The van der Waals surface area contributed by atoms with E-state index in [1.807, 2.05) is 35.2 Å². The van der Waals surface area contributed by atoms with E-state index >= 15 is 0 Å². The van der Waals surface area contributed by atoms with Crippen molar-refractivity contribution in [3.05, 3.63) is 82.9 Å². The van der Waals surface area contributed by atoms with E-state index in [1.165, 1.54) is 11.6 Å². The third kappa shape index (κ3) is 3.87. The van der Waals surface area contributed by atoms with Crippen molar-refractivity contribution < 1.29 is 18.3 Å². The quantitative estimate of drug-likeness (QED) is 0.709. The molecule has 1 fully saturated rings. The number of ether oxygens (including phenoxy) is 1. The standard InChI is InChI=1S/C22H21F2NO2/c23-20-9-6-16(13-21(20)24)10-17-11-18-7-8-19(12-17)25(18)22(26)27-14-15-4-2-1-3-5-15/h1-6,9,11,13,18-19H,7-8,10,12,14H2. The first-order valence-corrected chi connectivity index (χ1v) is 9.22. The van der Waals surface area contributed by atoms with Gasteiger partial charge < -0.3 is 4.74 Å². The van der Waals surface area contributed by atoms with Crippen LogP contribution in [0.1, 0.15) is 30.4 Å². The molecule has 0 spiro atoms. The zero-order chi connectivity index (χ0) is 18.8. The zero-order valence-corrected chi connectivity index (χ0v) is 14.9. The molecule has 2 aliphatic rings. The lowest BCUT2D eigenvalue weighted by atomic mass is 9.95. The Labute approximate surface area is 157 Å². The van der Waals surface area contributed by atoms with E-state index < -0.39 is 11.6 Å². The summed E-state index contributed by atoms with van der Waals surface area (Å²) in [7, 11) is 0. The smallest absolute Gasteiger partial charge is 0.410 e. The number of carbonyl (C=O) groups is 1. The summed E-state index contributed by atoms with van der Waals surface area (Å²) in [4.78, 5) is 14.4. The van der Waals surface area contributed by atoms with Gasteiger partial charge in [-0.15, -0.1) is 0 Å². The number of fused-ring (bicyclic) bond motifs is 2. The molecular formula is C22H21F2NO2. The molecular weight excluding hydrogens is 348 g/mol. The zero-order valence-electron chi connectivity index (χ0n) is 14.9. The van der Waals surface area contributed by atoms with Crippen LogP contribution in [-0.2, 0) is 17.8 Å². The highest BCUT2D eigenvalue weighted by Crippen LogP contribution is 2.36. The number of hydrogen-bond donors (Lipinski definition) is 0. The summed E-state index contributed by atoms with van der Waals surface area (Å²) < 4.78 is 32.0. The van der Waals surface area contributed by atoms with Crippen LogP contribution in [0.5, 0.6) is 0 Å². The Bertz CT molecular complexity index is 866. The Morgan fingerprint density at radius 2 is 1.85 bits per heavy atom. The molecule has 2 aliphatic heterocycles. The molecule has 2 aromatic rings. The molecule has 27 heavy (non-hydrogen) atoms. The maximum absolute atomic E-state index is 13.4. The van der Waals surface area contributed by atoms with Crippen LogP contribution < -0.4 is 0 Å². The van der Waals surface area contributed by atoms with E-state index in [0.29, 0.717) is 6.42 Å². The molecule has 2 aromatic carbocycles. The second kappa shape index (κ2) is 7.51. The Balaban J connectivity index is 1.41. The highest BCUT2D eigenvalue weighted by Gasteiger charge is 2.40. The summed E-state index contributed by atoms with van der Waals surface area (Å²) in [5, 5.41) is 0. The predicted octanol–water partition coefficient (Wildman–Crippen LogP) is 5.01. The van der Waals surface area contributed by atoms with E-state index in [1.54, 1.807) is 6.07 Å². The number of amides is 1. The fourth-order valence-corrected chi connectivity index (χ4v) is 4.04. The maximum atomic E-state index is 13.4. The average Bonchev–Trinajstić information content (AvgIpc) is 2.94. The van der Waals surface area contributed by atoms with Crippen LogP contribution in [0.15, 0.2) is 60.2 Å². The fraction of sp³-hybridized carbons (Fsp3) is 0.318. The van der Waals surface area contributed by atoms with Gasteiger partial charge in [0.2, 0.25) is 0 Å². The van der Waals surface area contributed by atoms with Crippen molar-refractivity contribution in [1.29, 1.82) is 0 Å². The van der Waals surface area contributed by atoms with Gasteiger partial charge in [0.1, 0.15) is 6.61 Å². The SMILES string of the molecule is O=C(OCc1ccccc1)N1C2C=C(Cc3ccc(F)c(F)c3)CC1CC2. The first-order chi connectivity index (χ1) is 13.1. The van der Waals surface area contributed by atoms with Gasteiger partial charge in [0.15, 0.2) is 11.6 Å². The Morgan fingerprint density at radius 3 is 2.59 bits per heavy atom. The van der Waals surface area contributed by atoms with Crippen LogP contribution >= 0.6 is 0 Å². The molecule has 0 N–H and O–H groups in total. The van der Waals surface area contributed by atoms with Crippen molar-refractivity contribution >= 4 is 6.09 Å². The number of carbonyl (C=O) groups excluding carboxylic acids is 1. The minimum atomic E-state index is -0.830. The molecule has 1 amide bonds. The lowest BCUT2D eigenvalue weighted by Gasteiger charge is -2.33. The lowest BCUT2D eigenvalue weighted by molar-refractivity contribution is 0.0815. The van der Waals surface area contributed by atoms with Gasteiger partial charge in [0.25, 0.3) is 0 Å². The second-order valence-corrected chi connectivity index (χ2v) is 7.20. The molecule has 5 heteroatoms. The van der Waals surface area contributed by atoms with E-state index in [0.717, 1.165) is 36.5 Å². The molecule has 4 rings (SSSR count). The summed E-state index contributed by atoms with van der Waals surface area (Å²) in [6.45, 7) is 0.265. The van der Waals surface area contributed by atoms with Gasteiger partial charge in [-0.3, -0.25) is 4.90 Å². The Morgan fingerprint density at radius 1 is 1.04 bits per heavy atom. The Kier molecular flexibility index (Phi) is 4.92. The first kappa shape index (κ1) is 17.7. The van der Waals surface area contributed by atoms with Crippen molar-refractivity contribution in [3.63, 3.8) is 0 Å². The molecule has 2 heterocycles. The molecule has 0 aromatic heterocycles. The van der Waals surface area contributed by atoms with Crippen LogP contribution in [0.4, 0.5) is 13.6 Å². The molecule has 3 nitrogen and oxygen atoms in total. The largest absolute Gasteiger partial charge is 0.445 e. The summed E-state index contributed by atoms with van der Waals surface area (Å²) in [5.41, 5.74) is 2.88. The van der Waals surface area contributed by atoms with Gasteiger partial charge in [-0.2, -0.15) is 0 Å². The minimum absolute atomic E-state index is 0.0207. The molecule has 1 saturated heterocycles. The first-order valence-electron chi connectivity index (χ1n) is 9.22. The molecule has 2 atom stereocenters. The number of rotatable bonds is 4. The highest BCUT2D eigenvalue weighted by atomic mass is 19.2. The average molecular weight is 369 g/mol. The van der Waals surface area contributed by atoms with Crippen LogP contribution in [0.25, 0.3) is 0 Å². The fourth-order valence-electron chi connectivity index (χ4n) is 4.04. The number of halogens is 2. The maximum Gasteiger partial charge on any atom is 0.410 e. The number of nitrogens with zero attached hydrogens (tertiary/aromatic N) is 1. The van der Waals surface area contributed by atoms with E-state index in [9.17, 15) is 13.6 Å². The van der Waals surface area contributed by atoms with Crippen LogP contribution in [0, 0.1) is 11.6 Å². The molecule has 0 aliphatic carbocycles. The number of benzene rings is 2. The summed E-state index contributed by atoms with van der Waals surface area (Å²) in [5.74, 6) is -1.65. The van der Waals surface area contributed by atoms with Crippen molar-refractivity contribution in [2.45, 2.75) is 44.4 Å². The van der Waals surface area contributed by atoms with Gasteiger partial charge in [0, 0.05) is 6.04 Å². The van der Waals surface area contributed by atoms with Gasteiger partial charge in [-0.25, -0.2) is 13.6 Å². The lowest BCUT2D eigenvalue weighted by Crippen LogP contribution is -2.43. The van der Waals surface area contributed by atoms with Crippen molar-refractivity contribution in [3.8, 4) is 0 Å². The molecule has 140 valence electrons. The van der Waals surface area contributed by atoms with Gasteiger partial charge in [-0.05, 0) is 48.9 Å². The summed E-state index contributed by atoms with van der Waals surface area (Å²) >= 11 is 0. The topological polar surface area (TPSA) is 29.5 Å². The van der Waals surface area contributed by atoms with Crippen molar-refractivity contribution in [2.24, 2.45) is 0 Å². The van der Waals surface area contributed by atoms with E-state index in [4.69, 9.17) is 4.74 Å². The molecule has 2 unspecified atom stereocenters. The highest BCUT2D eigenvalue weighted by molar-refractivity contribution is 5.70. The summed E-state index contributed by atoms with van der Waals surface area (Å²) in [6.07, 6.45) is 4.98. The third-order valence-electron chi connectivity index (χ3n) is 5.30. The number of hydrogen-bond acceptors (Lipinski definition) is 2. The second-order valence-electron chi connectivity index (χ2n) is 7.20. The van der Waals surface area contributed by atoms with Gasteiger partial charge in [0.05, 0.1) is 6.04 Å². The molecule has 2 bridgehead atoms. The van der Waals surface area contributed by atoms with Gasteiger partial charge in [-0.1, -0.05) is 48.0 Å². The van der Waals surface area contributed by atoms with Crippen LogP contribution in [0.2, 0.25) is 0 Å². The van der Waals surface area contributed by atoms with Crippen LogP contribution in [0.3, 0.4) is 0 Å². The monoisotopic (exact) mass is 369 g/mol. The third-order valence-corrected chi connectivity index (χ3v) is 5.30. The predicted molar refractivity (Wildman–Crippen MR) is 98.0 cm³/mol. The van der Waals surface area contributed by atoms with E-state index in [-0.39, 0.29) is 24.8 Å².